The van der Waals surface area contributed by atoms with E-state index in [1.165, 1.54) is 11.1 Å². The highest BCUT2D eigenvalue weighted by atomic mass is 14.9. The van der Waals surface area contributed by atoms with Gasteiger partial charge in [-0.2, -0.15) is 0 Å². The number of nitrogens with one attached hydrogen (secondary N) is 1. The molecule has 80 valence electrons. The van der Waals surface area contributed by atoms with Crippen molar-refractivity contribution in [2.45, 2.75) is 32.7 Å². The fourth-order valence-electron chi connectivity index (χ4n) is 1.57. The van der Waals surface area contributed by atoms with Gasteiger partial charge in [-0.1, -0.05) is 29.8 Å². The van der Waals surface area contributed by atoms with Crippen LogP contribution in [0.25, 0.3) is 0 Å². The Bertz CT molecular complexity index is 335. The molecule has 0 fully saturated rings. The van der Waals surface area contributed by atoms with Crippen LogP contribution in [-0.2, 0) is 0 Å². The SMILES string of the molecule is C#CCCCN[C@H](C)c1cccc(C)c1. The van der Waals surface area contributed by atoms with Gasteiger partial charge in [0.2, 0.25) is 0 Å². The number of rotatable bonds is 5. The van der Waals surface area contributed by atoms with Gasteiger partial charge >= 0.3 is 0 Å². The Morgan fingerprint density at radius 2 is 2.27 bits per heavy atom. The normalized spacial score (nSPS) is 12.1. The van der Waals surface area contributed by atoms with Crippen molar-refractivity contribution in [3.63, 3.8) is 0 Å². The second-order valence-electron chi connectivity index (χ2n) is 3.90. The lowest BCUT2D eigenvalue weighted by Gasteiger charge is -2.14. The summed E-state index contributed by atoms with van der Waals surface area (Å²) in [6.07, 6.45) is 7.10. The zero-order valence-corrected chi connectivity index (χ0v) is 9.59. The summed E-state index contributed by atoms with van der Waals surface area (Å²) in [5, 5.41) is 3.47. The summed E-state index contributed by atoms with van der Waals surface area (Å²) in [5.74, 6) is 2.65. The maximum absolute atomic E-state index is 5.20. The Kier molecular flexibility index (Phi) is 4.93. The molecule has 1 atom stereocenters. The largest absolute Gasteiger partial charge is 0.310 e. The minimum absolute atomic E-state index is 0.405. The Balaban J connectivity index is 2.40. The topological polar surface area (TPSA) is 12.0 Å². The molecule has 0 heterocycles. The van der Waals surface area contributed by atoms with Crippen molar-refractivity contribution >= 4 is 0 Å². The van der Waals surface area contributed by atoms with Gasteiger partial charge in [-0.05, 0) is 32.4 Å². The van der Waals surface area contributed by atoms with Crippen LogP contribution >= 0.6 is 0 Å². The third kappa shape index (κ3) is 4.18. The first-order chi connectivity index (χ1) is 7.24. The van der Waals surface area contributed by atoms with Gasteiger partial charge in [0, 0.05) is 12.5 Å². The van der Waals surface area contributed by atoms with Gasteiger partial charge in [-0.15, -0.1) is 12.3 Å². The van der Waals surface area contributed by atoms with E-state index in [-0.39, 0.29) is 0 Å². The molecule has 0 unspecified atom stereocenters. The van der Waals surface area contributed by atoms with Crippen LogP contribution in [0.15, 0.2) is 24.3 Å². The second-order valence-corrected chi connectivity index (χ2v) is 3.90. The first kappa shape index (κ1) is 11.8. The van der Waals surface area contributed by atoms with Gasteiger partial charge in [-0.25, -0.2) is 0 Å². The molecule has 0 aliphatic rings. The number of aryl methyl sites for hydroxylation is 1. The molecule has 1 aromatic carbocycles. The van der Waals surface area contributed by atoms with Gasteiger partial charge in [0.1, 0.15) is 0 Å². The van der Waals surface area contributed by atoms with Crippen LogP contribution in [-0.4, -0.2) is 6.54 Å². The van der Waals surface area contributed by atoms with Gasteiger partial charge in [0.05, 0.1) is 0 Å². The molecule has 0 radical (unpaired) electrons. The fraction of sp³-hybridized carbons (Fsp3) is 0.429. The van der Waals surface area contributed by atoms with E-state index in [0.29, 0.717) is 6.04 Å². The molecule has 1 N–H and O–H groups in total. The van der Waals surface area contributed by atoms with Crippen LogP contribution in [0.2, 0.25) is 0 Å². The van der Waals surface area contributed by atoms with Crippen molar-refractivity contribution in [1.29, 1.82) is 0 Å². The lowest BCUT2D eigenvalue weighted by atomic mass is 10.1. The summed E-state index contributed by atoms with van der Waals surface area (Å²) in [6, 6.07) is 9.01. The molecule has 0 aliphatic heterocycles. The highest BCUT2D eigenvalue weighted by Gasteiger charge is 2.03. The Morgan fingerprint density at radius 3 is 2.93 bits per heavy atom. The molecule has 0 spiro atoms. The fourth-order valence-corrected chi connectivity index (χ4v) is 1.57. The van der Waals surface area contributed by atoms with Crippen molar-refractivity contribution in [3.05, 3.63) is 35.4 Å². The molecule has 0 bridgehead atoms. The van der Waals surface area contributed by atoms with Gasteiger partial charge < -0.3 is 5.32 Å². The van der Waals surface area contributed by atoms with E-state index >= 15 is 0 Å². The van der Waals surface area contributed by atoms with E-state index in [2.05, 4.69) is 49.4 Å². The highest BCUT2D eigenvalue weighted by Crippen LogP contribution is 2.13. The lowest BCUT2D eigenvalue weighted by Crippen LogP contribution is -2.19. The van der Waals surface area contributed by atoms with Gasteiger partial charge in [-0.3, -0.25) is 0 Å². The van der Waals surface area contributed by atoms with Crippen LogP contribution in [0.1, 0.15) is 36.9 Å². The standard InChI is InChI=1S/C14H19N/c1-4-5-6-10-15-13(3)14-9-7-8-12(2)11-14/h1,7-9,11,13,15H,5-6,10H2,2-3H3/t13-/m1/s1. The summed E-state index contributed by atoms with van der Waals surface area (Å²) < 4.78 is 0. The molecule has 0 saturated carbocycles. The van der Waals surface area contributed by atoms with Crippen molar-refractivity contribution in [1.82, 2.24) is 5.32 Å². The Labute approximate surface area is 92.9 Å². The van der Waals surface area contributed by atoms with E-state index in [9.17, 15) is 0 Å². The zero-order valence-electron chi connectivity index (χ0n) is 9.59. The lowest BCUT2D eigenvalue weighted by molar-refractivity contribution is 0.562. The van der Waals surface area contributed by atoms with Gasteiger partial charge in [0.25, 0.3) is 0 Å². The first-order valence-corrected chi connectivity index (χ1v) is 5.47. The smallest absolute Gasteiger partial charge is 0.0291 e. The number of benzene rings is 1. The summed E-state index contributed by atoms with van der Waals surface area (Å²) in [4.78, 5) is 0. The van der Waals surface area contributed by atoms with E-state index in [1.54, 1.807) is 0 Å². The minimum atomic E-state index is 0.405. The number of hydrogen-bond donors (Lipinski definition) is 1. The minimum Gasteiger partial charge on any atom is -0.310 e. The Hall–Kier alpha value is -1.26. The maximum Gasteiger partial charge on any atom is 0.0291 e. The zero-order chi connectivity index (χ0) is 11.1. The molecule has 0 aromatic heterocycles. The van der Waals surface area contributed by atoms with Crippen molar-refractivity contribution < 1.29 is 0 Å². The van der Waals surface area contributed by atoms with Crippen molar-refractivity contribution in [2.24, 2.45) is 0 Å². The monoisotopic (exact) mass is 201 g/mol. The van der Waals surface area contributed by atoms with Crippen LogP contribution in [0, 0.1) is 19.3 Å². The number of unbranched alkanes of at least 4 members (excludes halogenated alkanes) is 1. The molecule has 0 aliphatic carbocycles. The molecule has 0 saturated heterocycles. The molecular formula is C14H19N. The predicted octanol–water partition coefficient (Wildman–Crippen LogP) is 3.06. The number of terminal acetylenes is 1. The molecule has 1 nitrogen and oxygen atoms in total. The molecule has 1 aromatic rings. The third-order valence-corrected chi connectivity index (χ3v) is 2.49. The highest BCUT2D eigenvalue weighted by molar-refractivity contribution is 5.24. The summed E-state index contributed by atoms with van der Waals surface area (Å²) in [5.41, 5.74) is 2.65. The van der Waals surface area contributed by atoms with Crippen LogP contribution < -0.4 is 5.32 Å². The molecule has 0 amide bonds. The Morgan fingerprint density at radius 1 is 1.47 bits per heavy atom. The van der Waals surface area contributed by atoms with E-state index in [4.69, 9.17) is 6.42 Å². The quantitative estimate of drug-likeness (QED) is 0.570. The predicted molar refractivity (Wildman–Crippen MR) is 65.7 cm³/mol. The molecular weight excluding hydrogens is 182 g/mol. The second kappa shape index (κ2) is 6.27. The summed E-state index contributed by atoms with van der Waals surface area (Å²) in [6.45, 7) is 5.29. The molecule has 1 rings (SSSR count). The molecule has 15 heavy (non-hydrogen) atoms. The van der Waals surface area contributed by atoms with E-state index in [1.807, 2.05) is 0 Å². The first-order valence-electron chi connectivity index (χ1n) is 5.47. The average Bonchev–Trinajstić information content (AvgIpc) is 2.24. The van der Waals surface area contributed by atoms with Crippen molar-refractivity contribution in [2.75, 3.05) is 6.54 Å². The maximum atomic E-state index is 5.20. The average molecular weight is 201 g/mol. The van der Waals surface area contributed by atoms with Crippen LogP contribution in [0.4, 0.5) is 0 Å². The summed E-state index contributed by atoms with van der Waals surface area (Å²) >= 11 is 0. The number of hydrogen-bond acceptors (Lipinski definition) is 1. The van der Waals surface area contributed by atoms with Gasteiger partial charge in [0.15, 0.2) is 0 Å². The van der Waals surface area contributed by atoms with E-state index in [0.717, 1.165) is 19.4 Å². The van der Waals surface area contributed by atoms with Crippen molar-refractivity contribution in [3.8, 4) is 12.3 Å². The van der Waals surface area contributed by atoms with Crippen LogP contribution in [0.3, 0.4) is 0 Å². The summed E-state index contributed by atoms with van der Waals surface area (Å²) in [7, 11) is 0. The molecule has 1 heteroatoms. The third-order valence-electron chi connectivity index (χ3n) is 2.49. The van der Waals surface area contributed by atoms with Crippen LogP contribution in [0.5, 0.6) is 0 Å². The van der Waals surface area contributed by atoms with E-state index < -0.39 is 0 Å².